The lowest BCUT2D eigenvalue weighted by Crippen LogP contribution is -2.26. The minimum atomic E-state index is -2.17. The number of H-pyrrole nitrogens is 2. The number of rotatable bonds is 8. The molecule has 0 radical (unpaired) electrons. The number of aromatic nitrogens is 4. The lowest BCUT2D eigenvalue weighted by atomic mass is 10.1. The molecule has 0 aliphatic heterocycles. The van der Waals surface area contributed by atoms with Crippen LogP contribution in [0, 0.1) is 0 Å². The van der Waals surface area contributed by atoms with Gasteiger partial charge in [0.25, 0.3) is 0 Å². The van der Waals surface area contributed by atoms with Crippen LogP contribution in [0.2, 0.25) is 0 Å². The summed E-state index contributed by atoms with van der Waals surface area (Å²) in [6, 6.07) is 61.3. The summed E-state index contributed by atoms with van der Waals surface area (Å²) < 4.78 is 0. The van der Waals surface area contributed by atoms with E-state index in [1.165, 1.54) is 37.4 Å². The molecule has 0 atom stereocenters. The standard InChI is InChI=1S/C21H17N2PS.C21H17N2P/c25-24(17-9-3-1-4-10-17,18-11-5-2-6-12-18)21-14-8-7-13-19(21)20-15-16-22-23-20;1-3-9-17(10-4-1)24(18-11-5-2-6-12-18)21-14-8-7-13-19(21)20-15-16-22-23-20/h1-16H,(H,22,23);1-16H,(H,22,23). The summed E-state index contributed by atoms with van der Waals surface area (Å²) in [5.41, 5.74) is 4.39. The van der Waals surface area contributed by atoms with Crippen molar-refractivity contribution in [2.75, 3.05) is 0 Å². The molecule has 6 aromatic carbocycles. The minimum Gasteiger partial charge on any atom is -0.278 e. The first-order chi connectivity index (χ1) is 24.2. The third-order valence-corrected chi connectivity index (χ3v) is 15.7. The van der Waals surface area contributed by atoms with Crippen molar-refractivity contribution in [3.63, 3.8) is 0 Å². The molecule has 4 nitrogen and oxygen atoms in total. The quantitative estimate of drug-likeness (QED) is 0.161. The van der Waals surface area contributed by atoms with Crippen LogP contribution in [-0.4, -0.2) is 20.4 Å². The number of hydrogen-bond donors (Lipinski definition) is 2. The van der Waals surface area contributed by atoms with Crippen LogP contribution in [0.15, 0.2) is 194 Å². The fraction of sp³-hybridized carbons (Fsp3) is 0. The van der Waals surface area contributed by atoms with Crippen molar-refractivity contribution in [1.82, 2.24) is 20.4 Å². The molecule has 0 unspecified atom stereocenters. The van der Waals surface area contributed by atoms with E-state index >= 15 is 0 Å². The molecule has 0 aliphatic carbocycles. The summed E-state index contributed by atoms with van der Waals surface area (Å²) in [7, 11) is -0.619. The van der Waals surface area contributed by atoms with Gasteiger partial charge in [0, 0.05) is 34.9 Å². The smallest absolute Gasteiger partial charge is 0.0657 e. The van der Waals surface area contributed by atoms with Crippen LogP contribution in [0.5, 0.6) is 0 Å². The molecular formula is C42H34N4P2S. The highest BCUT2D eigenvalue weighted by Crippen LogP contribution is 2.45. The van der Waals surface area contributed by atoms with Crippen LogP contribution >= 0.6 is 14.0 Å². The topological polar surface area (TPSA) is 57.4 Å². The highest BCUT2D eigenvalue weighted by molar-refractivity contribution is 8.25. The van der Waals surface area contributed by atoms with Crippen LogP contribution in [0.3, 0.4) is 0 Å². The van der Waals surface area contributed by atoms with Gasteiger partial charge in [0.2, 0.25) is 0 Å². The van der Waals surface area contributed by atoms with E-state index in [4.69, 9.17) is 11.8 Å². The summed E-state index contributed by atoms with van der Waals surface area (Å²) >= 11 is 6.44. The second-order valence-corrected chi connectivity index (χ2v) is 17.8. The molecule has 0 saturated heterocycles. The average molecular weight is 689 g/mol. The van der Waals surface area contributed by atoms with Crippen molar-refractivity contribution in [3.8, 4) is 22.5 Å². The van der Waals surface area contributed by atoms with Gasteiger partial charge in [-0.15, -0.1) is 0 Å². The molecule has 2 heterocycles. The van der Waals surface area contributed by atoms with E-state index < -0.39 is 14.0 Å². The Balaban J connectivity index is 0.000000154. The van der Waals surface area contributed by atoms with Gasteiger partial charge in [-0.3, -0.25) is 10.2 Å². The van der Waals surface area contributed by atoms with Gasteiger partial charge < -0.3 is 0 Å². The van der Waals surface area contributed by atoms with Crippen LogP contribution < -0.4 is 31.8 Å². The van der Waals surface area contributed by atoms with E-state index in [0.717, 1.165) is 17.0 Å². The zero-order chi connectivity index (χ0) is 33.3. The molecule has 0 spiro atoms. The highest BCUT2D eigenvalue weighted by atomic mass is 32.4. The van der Waals surface area contributed by atoms with Gasteiger partial charge in [-0.05, 0) is 46.6 Å². The number of benzene rings is 6. The van der Waals surface area contributed by atoms with E-state index in [-0.39, 0.29) is 0 Å². The van der Waals surface area contributed by atoms with E-state index in [9.17, 15) is 0 Å². The number of hydrogen-bond acceptors (Lipinski definition) is 3. The van der Waals surface area contributed by atoms with E-state index in [2.05, 4.69) is 178 Å². The number of nitrogens with one attached hydrogen (secondary N) is 2. The Morgan fingerprint density at radius 1 is 0.429 bits per heavy atom. The summed E-state index contributed by atoms with van der Waals surface area (Å²) in [6.07, 6.45) is 3.58. The summed E-state index contributed by atoms with van der Waals surface area (Å²) in [6.45, 7) is 0. The van der Waals surface area contributed by atoms with Gasteiger partial charge >= 0.3 is 0 Å². The Morgan fingerprint density at radius 2 is 0.837 bits per heavy atom. The van der Waals surface area contributed by atoms with Crippen molar-refractivity contribution in [1.29, 1.82) is 0 Å². The molecule has 8 rings (SSSR count). The van der Waals surface area contributed by atoms with Gasteiger partial charge in [0.05, 0.1) is 11.4 Å². The van der Waals surface area contributed by atoms with E-state index in [1.807, 2.05) is 24.3 Å². The van der Waals surface area contributed by atoms with Crippen LogP contribution in [0.1, 0.15) is 0 Å². The molecule has 8 aromatic rings. The average Bonchev–Trinajstić information content (AvgIpc) is 3.93. The Kier molecular flexibility index (Phi) is 10.1. The Hall–Kier alpha value is -5.18. The Bertz CT molecular complexity index is 2160. The molecule has 49 heavy (non-hydrogen) atoms. The van der Waals surface area contributed by atoms with Gasteiger partial charge in [-0.2, -0.15) is 10.2 Å². The third-order valence-electron chi connectivity index (χ3n) is 8.24. The van der Waals surface area contributed by atoms with Crippen molar-refractivity contribution in [2.45, 2.75) is 0 Å². The molecule has 238 valence electrons. The number of aromatic amines is 2. The fourth-order valence-corrected chi connectivity index (χ4v) is 12.5. The summed E-state index contributed by atoms with van der Waals surface area (Å²) in [4.78, 5) is 0. The van der Waals surface area contributed by atoms with Crippen molar-refractivity contribution in [2.24, 2.45) is 0 Å². The maximum atomic E-state index is 6.44. The van der Waals surface area contributed by atoms with Crippen LogP contribution in [0.4, 0.5) is 0 Å². The molecule has 7 heteroatoms. The first kappa shape index (κ1) is 32.4. The second-order valence-electron chi connectivity index (χ2n) is 11.3. The Morgan fingerprint density at radius 3 is 1.33 bits per heavy atom. The summed E-state index contributed by atoms with van der Waals surface area (Å²) in [5, 5.41) is 22.1. The third kappa shape index (κ3) is 7.02. The zero-order valence-electron chi connectivity index (χ0n) is 26.7. The van der Waals surface area contributed by atoms with Crippen molar-refractivity contribution in [3.05, 3.63) is 194 Å². The monoisotopic (exact) mass is 688 g/mol. The molecular weight excluding hydrogens is 655 g/mol. The first-order valence-electron chi connectivity index (χ1n) is 16.0. The molecule has 2 aromatic heterocycles. The predicted octanol–water partition coefficient (Wildman–Crippen LogP) is 7.67. The second kappa shape index (κ2) is 15.4. The van der Waals surface area contributed by atoms with Crippen LogP contribution in [-0.2, 0) is 11.8 Å². The molecule has 0 aliphatic rings. The normalized spacial score (nSPS) is 11.1. The van der Waals surface area contributed by atoms with Crippen molar-refractivity contribution >= 4 is 57.6 Å². The maximum absolute atomic E-state index is 6.44. The highest BCUT2D eigenvalue weighted by Gasteiger charge is 2.27. The summed E-state index contributed by atoms with van der Waals surface area (Å²) in [5.74, 6) is 0. The maximum Gasteiger partial charge on any atom is 0.0657 e. The number of nitrogens with zero attached hydrogens (tertiary/aromatic N) is 2. The van der Waals surface area contributed by atoms with Gasteiger partial charge in [-0.1, -0.05) is 182 Å². The fourth-order valence-electron chi connectivity index (χ4n) is 5.97. The lowest BCUT2D eigenvalue weighted by molar-refractivity contribution is 1.10. The van der Waals surface area contributed by atoms with Gasteiger partial charge in [-0.25, -0.2) is 0 Å². The van der Waals surface area contributed by atoms with Crippen molar-refractivity contribution < 1.29 is 0 Å². The predicted molar refractivity (Wildman–Crippen MR) is 213 cm³/mol. The molecule has 0 saturated carbocycles. The molecule has 0 bridgehead atoms. The van der Waals surface area contributed by atoms with Crippen LogP contribution in [0.25, 0.3) is 22.5 Å². The largest absolute Gasteiger partial charge is 0.278 e. The van der Waals surface area contributed by atoms with Gasteiger partial charge in [0.15, 0.2) is 0 Å². The molecule has 2 N–H and O–H groups in total. The molecule has 0 amide bonds. The minimum absolute atomic E-state index is 0.619. The molecule has 0 fully saturated rings. The zero-order valence-corrected chi connectivity index (χ0v) is 29.3. The van der Waals surface area contributed by atoms with Gasteiger partial charge in [0.1, 0.15) is 0 Å². The van der Waals surface area contributed by atoms with E-state index in [0.29, 0.717) is 0 Å². The lowest BCUT2D eigenvalue weighted by Gasteiger charge is -2.26. The Labute approximate surface area is 293 Å². The van der Waals surface area contributed by atoms with E-state index in [1.54, 1.807) is 12.4 Å². The SMILES string of the molecule is S=P(c1ccccc1)(c1ccccc1)c1ccccc1-c1ccn[nH]1.c1ccc(P(c2ccccc2)c2ccccc2-c2ccn[nH]2)cc1. The first-order valence-corrected chi connectivity index (χ1v) is 20.2.